The third-order valence-electron chi connectivity index (χ3n) is 6.63. The standard InChI is InChI=1S/C23H28N2O5/c1-16-18-6-2-3-7-19(18)30-21(16)22(27)25-14-23(15-25)12-17(8-11-29-23)28-13-20(26)24-9-4-5-10-24/h2-3,6-7,17H,4-5,8-15H2,1H3. The maximum absolute atomic E-state index is 13.0. The van der Waals surface area contributed by atoms with Gasteiger partial charge in [-0.3, -0.25) is 9.59 Å². The Hall–Kier alpha value is -2.38. The highest BCUT2D eigenvalue weighted by atomic mass is 16.5. The Bertz CT molecular complexity index is 956. The summed E-state index contributed by atoms with van der Waals surface area (Å²) in [4.78, 5) is 28.9. The Kier molecular flexibility index (Phi) is 5.03. The summed E-state index contributed by atoms with van der Waals surface area (Å²) in [7, 11) is 0. The normalized spacial score (nSPS) is 23.2. The van der Waals surface area contributed by atoms with E-state index < -0.39 is 0 Å². The fourth-order valence-corrected chi connectivity index (χ4v) is 4.91. The summed E-state index contributed by atoms with van der Waals surface area (Å²) in [6.07, 6.45) is 3.66. The molecule has 3 aliphatic heterocycles. The fourth-order valence-electron chi connectivity index (χ4n) is 4.91. The summed E-state index contributed by atoms with van der Waals surface area (Å²) in [6.45, 7) is 5.41. The predicted octanol–water partition coefficient (Wildman–Crippen LogP) is 2.75. The molecule has 1 atom stereocenters. The minimum absolute atomic E-state index is 0.00417. The SMILES string of the molecule is Cc1c(C(=O)N2CC3(CC(OCC(=O)N4CCCC4)CCO3)C2)oc2ccccc12. The molecule has 0 aliphatic carbocycles. The largest absolute Gasteiger partial charge is 0.451 e. The molecule has 0 saturated carbocycles. The molecule has 2 aromatic rings. The van der Waals surface area contributed by atoms with Crippen LogP contribution in [0, 0.1) is 6.92 Å². The van der Waals surface area contributed by atoms with Gasteiger partial charge in [0.15, 0.2) is 5.76 Å². The number of carbonyl (C=O) groups is 2. The number of fused-ring (bicyclic) bond motifs is 1. The highest BCUT2D eigenvalue weighted by molar-refractivity contribution is 5.99. The average Bonchev–Trinajstić information content (AvgIpc) is 3.39. The van der Waals surface area contributed by atoms with Gasteiger partial charge in [0.25, 0.3) is 5.91 Å². The second-order valence-corrected chi connectivity index (χ2v) is 8.76. The van der Waals surface area contributed by atoms with E-state index in [4.69, 9.17) is 13.9 Å². The van der Waals surface area contributed by atoms with E-state index in [1.165, 1.54) is 0 Å². The number of carbonyl (C=O) groups excluding carboxylic acids is 2. The van der Waals surface area contributed by atoms with Gasteiger partial charge in [0.2, 0.25) is 5.91 Å². The fraction of sp³-hybridized carbons (Fsp3) is 0.565. The Morgan fingerprint density at radius 1 is 1.17 bits per heavy atom. The number of likely N-dealkylation sites (tertiary alicyclic amines) is 2. The van der Waals surface area contributed by atoms with Crippen LogP contribution in [-0.4, -0.2) is 72.7 Å². The van der Waals surface area contributed by atoms with Crippen LogP contribution in [0.5, 0.6) is 0 Å². The van der Waals surface area contributed by atoms with Gasteiger partial charge >= 0.3 is 0 Å². The molecule has 4 heterocycles. The number of hydrogen-bond acceptors (Lipinski definition) is 5. The van der Waals surface area contributed by atoms with Crippen LogP contribution < -0.4 is 0 Å². The lowest BCUT2D eigenvalue weighted by molar-refractivity contribution is -0.188. The average molecular weight is 412 g/mol. The minimum Gasteiger partial charge on any atom is -0.451 e. The van der Waals surface area contributed by atoms with Gasteiger partial charge in [-0.1, -0.05) is 18.2 Å². The van der Waals surface area contributed by atoms with Crippen molar-refractivity contribution in [3.8, 4) is 0 Å². The molecule has 3 saturated heterocycles. The molecule has 7 heteroatoms. The van der Waals surface area contributed by atoms with Gasteiger partial charge in [0, 0.05) is 37.1 Å². The molecule has 30 heavy (non-hydrogen) atoms. The number of nitrogens with zero attached hydrogens (tertiary/aromatic N) is 2. The van der Waals surface area contributed by atoms with Crippen LogP contribution in [0.2, 0.25) is 0 Å². The lowest BCUT2D eigenvalue weighted by atomic mass is 9.84. The Balaban J connectivity index is 1.18. The maximum atomic E-state index is 13.0. The molecule has 1 spiro atoms. The molecule has 0 N–H and O–H groups in total. The van der Waals surface area contributed by atoms with Crippen molar-refractivity contribution in [1.82, 2.24) is 9.80 Å². The van der Waals surface area contributed by atoms with Crippen LogP contribution >= 0.6 is 0 Å². The van der Waals surface area contributed by atoms with Crippen LogP contribution in [0.25, 0.3) is 11.0 Å². The van der Waals surface area contributed by atoms with Crippen molar-refractivity contribution in [3.05, 3.63) is 35.6 Å². The number of rotatable bonds is 4. The quantitative estimate of drug-likeness (QED) is 0.772. The minimum atomic E-state index is -0.366. The van der Waals surface area contributed by atoms with Crippen LogP contribution in [0.1, 0.15) is 41.8 Å². The van der Waals surface area contributed by atoms with Crippen LogP contribution in [0.4, 0.5) is 0 Å². The van der Waals surface area contributed by atoms with Crippen molar-refractivity contribution >= 4 is 22.8 Å². The molecular formula is C23H28N2O5. The molecule has 3 fully saturated rings. The predicted molar refractivity (Wildman–Crippen MR) is 110 cm³/mol. The first kappa shape index (κ1) is 19.6. The first-order chi connectivity index (χ1) is 14.5. The maximum Gasteiger partial charge on any atom is 0.290 e. The number of benzene rings is 1. The molecular weight excluding hydrogens is 384 g/mol. The van der Waals surface area contributed by atoms with Gasteiger partial charge in [-0.05, 0) is 32.3 Å². The van der Waals surface area contributed by atoms with Crippen molar-refractivity contribution in [1.29, 1.82) is 0 Å². The molecule has 160 valence electrons. The third-order valence-corrected chi connectivity index (χ3v) is 6.63. The molecule has 5 rings (SSSR count). The molecule has 2 amide bonds. The molecule has 0 radical (unpaired) electrons. The van der Waals surface area contributed by atoms with Crippen molar-refractivity contribution in [2.75, 3.05) is 39.4 Å². The van der Waals surface area contributed by atoms with E-state index in [1.54, 1.807) is 4.90 Å². The summed E-state index contributed by atoms with van der Waals surface area (Å²) >= 11 is 0. The van der Waals surface area contributed by atoms with Crippen molar-refractivity contribution in [2.45, 2.75) is 44.3 Å². The highest BCUT2D eigenvalue weighted by Gasteiger charge is 2.50. The van der Waals surface area contributed by atoms with E-state index >= 15 is 0 Å². The molecule has 1 aromatic carbocycles. The monoisotopic (exact) mass is 412 g/mol. The molecule has 7 nitrogen and oxygen atoms in total. The Labute approximate surface area is 175 Å². The van der Waals surface area contributed by atoms with Gasteiger partial charge in [0.05, 0.1) is 19.2 Å². The van der Waals surface area contributed by atoms with Gasteiger partial charge in [-0.25, -0.2) is 0 Å². The number of ether oxygens (including phenoxy) is 2. The van der Waals surface area contributed by atoms with E-state index in [2.05, 4.69) is 0 Å². The van der Waals surface area contributed by atoms with Crippen LogP contribution in [0.15, 0.2) is 28.7 Å². The zero-order chi connectivity index (χ0) is 20.7. The summed E-state index contributed by atoms with van der Waals surface area (Å²) < 4.78 is 17.8. The second-order valence-electron chi connectivity index (χ2n) is 8.76. The number of amides is 2. The van der Waals surface area contributed by atoms with E-state index in [1.807, 2.05) is 36.1 Å². The molecule has 3 aliphatic rings. The summed E-state index contributed by atoms with van der Waals surface area (Å²) in [5.41, 5.74) is 1.25. The number of para-hydroxylation sites is 1. The lowest BCUT2D eigenvalue weighted by Crippen LogP contribution is -2.67. The lowest BCUT2D eigenvalue weighted by Gasteiger charge is -2.52. The van der Waals surface area contributed by atoms with Crippen molar-refractivity contribution in [2.24, 2.45) is 0 Å². The smallest absolute Gasteiger partial charge is 0.290 e. The zero-order valence-electron chi connectivity index (χ0n) is 17.4. The van der Waals surface area contributed by atoms with E-state index in [9.17, 15) is 9.59 Å². The number of furan rings is 1. The third kappa shape index (κ3) is 3.50. The molecule has 1 aromatic heterocycles. The first-order valence-electron chi connectivity index (χ1n) is 10.9. The van der Waals surface area contributed by atoms with Crippen molar-refractivity contribution < 1.29 is 23.5 Å². The number of aryl methyl sites for hydroxylation is 1. The highest BCUT2D eigenvalue weighted by Crippen LogP contribution is 2.37. The first-order valence-corrected chi connectivity index (χ1v) is 10.9. The van der Waals surface area contributed by atoms with Crippen LogP contribution in [0.3, 0.4) is 0 Å². The Morgan fingerprint density at radius 3 is 2.70 bits per heavy atom. The van der Waals surface area contributed by atoms with Gasteiger partial charge < -0.3 is 23.7 Å². The summed E-state index contributed by atoms with van der Waals surface area (Å²) in [6, 6.07) is 7.70. The molecule has 1 unspecified atom stereocenters. The van der Waals surface area contributed by atoms with Crippen LogP contribution in [-0.2, 0) is 14.3 Å². The number of hydrogen-bond donors (Lipinski definition) is 0. The summed E-state index contributed by atoms with van der Waals surface area (Å²) in [5.74, 6) is 0.398. The molecule has 0 bridgehead atoms. The second kappa shape index (κ2) is 7.71. The zero-order valence-corrected chi connectivity index (χ0v) is 17.4. The van der Waals surface area contributed by atoms with E-state index in [-0.39, 0.29) is 30.1 Å². The van der Waals surface area contributed by atoms with Gasteiger partial charge in [-0.15, -0.1) is 0 Å². The van der Waals surface area contributed by atoms with E-state index in [0.29, 0.717) is 31.9 Å². The topological polar surface area (TPSA) is 72.2 Å². The van der Waals surface area contributed by atoms with Gasteiger partial charge in [0.1, 0.15) is 17.8 Å². The Morgan fingerprint density at radius 2 is 1.93 bits per heavy atom. The van der Waals surface area contributed by atoms with Crippen molar-refractivity contribution in [3.63, 3.8) is 0 Å². The van der Waals surface area contributed by atoms with E-state index in [0.717, 1.165) is 48.9 Å². The van der Waals surface area contributed by atoms with Gasteiger partial charge in [-0.2, -0.15) is 0 Å². The summed E-state index contributed by atoms with van der Waals surface area (Å²) in [5, 5.41) is 0.973.